The van der Waals surface area contributed by atoms with E-state index < -0.39 is 29.7 Å². The van der Waals surface area contributed by atoms with Crippen LogP contribution in [0.3, 0.4) is 0 Å². The summed E-state index contributed by atoms with van der Waals surface area (Å²) >= 11 is 6.05. The number of morpholine rings is 1. The van der Waals surface area contributed by atoms with Gasteiger partial charge in [-0.3, -0.25) is 0 Å². The third kappa shape index (κ3) is 8.00. The zero-order chi connectivity index (χ0) is 26.8. The second kappa shape index (κ2) is 14.6. The van der Waals surface area contributed by atoms with E-state index in [9.17, 15) is 15.0 Å². The summed E-state index contributed by atoms with van der Waals surface area (Å²) < 4.78 is 26.2. The molecule has 37 heavy (non-hydrogen) atoms. The number of carbonyl (C=O) groups is 1. The average molecular weight is 544 g/mol. The fourth-order valence-corrected chi connectivity index (χ4v) is 5.75. The molecule has 2 fully saturated rings. The Balaban J connectivity index is 1.74. The molecule has 0 radical (unpaired) electrons. The van der Waals surface area contributed by atoms with Crippen LogP contribution in [0.5, 0.6) is 0 Å². The molecule has 5 N–H and O–H groups in total. The molecule has 1 unspecified atom stereocenters. The number of hydrogen-bond donors (Lipinski definition) is 4. The molecule has 0 spiro atoms. The summed E-state index contributed by atoms with van der Waals surface area (Å²) in [6.07, 6.45) is 6.15. The Labute approximate surface area is 224 Å². The number of nitrogens with zero attached hydrogens (tertiary/aromatic N) is 1. The molecule has 0 bridgehead atoms. The van der Waals surface area contributed by atoms with Crippen molar-refractivity contribution >= 4 is 17.6 Å². The van der Waals surface area contributed by atoms with E-state index in [1.165, 1.54) is 18.6 Å². The van der Waals surface area contributed by atoms with Crippen molar-refractivity contribution in [1.82, 2.24) is 10.2 Å². The van der Waals surface area contributed by atoms with Gasteiger partial charge < -0.3 is 35.6 Å². The first kappa shape index (κ1) is 30.1. The number of aliphatic hydroxyl groups excluding tert-OH is 1. The molecule has 4 atom stereocenters. The second-order valence-corrected chi connectivity index (χ2v) is 10.8. The van der Waals surface area contributed by atoms with Crippen molar-refractivity contribution in [2.24, 2.45) is 11.7 Å². The first-order chi connectivity index (χ1) is 17.8. The number of nitrogens with one attached hydrogen (secondary N) is 1. The third-order valence-corrected chi connectivity index (χ3v) is 8.08. The highest BCUT2D eigenvalue weighted by Crippen LogP contribution is 2.37. The molecule has 2 aliphatic rings. The van der Waals surface area contributed by atoms with Gasteiger partial charge in [-0.25, -0.2) is 9.18 Å². The molecular weight excluding hydrogens is 501 g/mol. The van der Waals surface area contributed by atoms with E-state index >= 15 is 4.39 Å². The number of amides is 2. The van der Waals surface area contributed by atoms with Gasteiger partial charge in [0.2, 0.25) is 0 Å². The maximum absolute atomic E-state index is 15.1. The van der Waals surface area contributed by atoms with Gasteiger partial charge in [0.25, 0.3) is 0 Å². The van der Waals surface area contributed by atoms with E-state index in [4.69, 9.17) is 26.8 Å². The van der Waals surface area contributed by atoms with Gasteiger partial charge in [-0.05, 0) is 37.7 Å². The summed E-state index contributed by atoms with van der Waals surface area (Å²) in [7, 11) is 1.60. The van der Waals surface area contributed by atoms with Gasteiger partial charge in [-0.2, -0.15) is 0 Å². The van der Waals surface area contributed by atoms with Gasteiger partial charge in [0.05, 0.1) is 30.3 Å². The maximum Gasteiger partial charge on any atom is 0.317 e. The second-order valence-electron chi connectivity index (χ2n) is 10.4. The van der Waals surface area contributed by atoms with Crippen LogP contribution in [0.4, 0.5) is 9.18 Å². The van der Waals surface area contributed by atoms with Gasteiger partial charge in [-0.15, -0.1) is 0 Å². The molecule has 2 amide bonds. The number of ether oxygens (including phenoxy) is 2. The van der Waals surface area contributed by atoms with Crippen LogP contribution in [0, 0.1) is 11.7 Å². The number of unbranched alkanes of at least 4 members (excludes halogenated alkanes) is 1. The van der Waals surface area contributed by atoms with E-state index in [1.807, 2.05) is 0 Å². The molecule has 1 saturated heterocycles. The lowest BCUT2D eigenvalue weighted by atomic mass is 9.82. The molecule has 1 aromatic rings. The molecule has 1 saturated carbocycles. The Morgan fingerprint density at radius 3 is 2.81 bits per heavy atom. The van der Waals surface area contributed by atoms with Gasteiger partial charge in [0.15, 0.2) is 0 Å². The van der Waals surface area contributed by atoms with Crippen LogP contribution in [0.25, 0.3) is 0 Å². The van der Waals surface area contributed by atoms with Crippen molar-refractivity contribution in [2.75, 3.05) is 40.0 Å². The average Bonchev–Trinajstić information content (AvgIpc) is 2.92. The lowest BCUT2D eigenvalue weighted by Crippen LogP contribution is -2.59. The minimum absolute atomic E-state index is 0.0541. The van der Waals surface area contributed by atoms with E-state index in [0.717, 1.165) is 25.7 Å². The quantitative estimate of drug-likeness (QED) is 0.299. The molecule has 3 rings (SSSR count). The third-order valence-electron chi connectivity index (χ3n) is 7.79. The zero-order valence-corrected chi connectivity index (χ0v) is 22.6. The number of urea groups is 1. The highest BCUT2D eigenvalue weighted by molar-refractivity contribution is 6.30. The van der Waals surface area contributed by atoms with Crippen LogP contribution in [-0.2, 0) is 15.1 Å². The lowest BCUT2D eigenvalue weighted by molar-refractivity contribution is -0.147. The number of methoxy groups -OCH3 is 1. The summed E-state index contributed by atoms with van der Waals surface area (Å²) in [5, 5.41) is 25.3. The first-order valence-electron chi connectivity index (χ1n) is 13.5. The summed E-state index contributed by atoms with van der Waals surface area (Å²) in [6, 6.07) is 3.73. The van der Waals surface area contributed by atoms with E-state index in [-0.39, 0.29) is 42.7 Å². The standard InChI is InChI=1S/C27H43ClFN3O5/c1-36-14-6-5-12-27(35,20-10-7-11-21(28)25(20)29)24-18-32(13-15-37-24)26(34)31-22(23(33)17-30)16-19-8-3-2-4-9-19/h7,10-11,19,22-24,33,35H,2-6,8-9,12-18,30H2,1H3,(H,31,34)/t22-,23+,24?,27+/m0/s1. The van der Waals surface area contributed by atoms with Crippen molar-refractivity contribution in [1.29, 1.82) is 0 Å². The smallest absolute Gasteiger partial charge is 0.317 e. The Morgan fingerprint density at radius 1 is 1.35 bits per heavy atom. The maximum atomic E-state index is 15.1. The number of aliphatic hydroxyl groups is 2. The first-order valence-corrected chi connectivity index (χ1v) is 13.9. The van der Waals surface area contributed by atoms with Crippen LogP contribution in [0.1, 0.15) is 63.4 Å². The van der Waals surface area contributed by atoms with Crippen molar-refractivity contribution < 1.29 is 28.9 Å². The van der Waals surface area contributed by atoms with Gasteiger partial charge >= 0.3 is 6.03 Å². The molecule has 0 aromatic heterocycles. The number of benzene rings is 1. The minimum Gasteiger partial charge on any atom is -0.390 e. The molecule has 1 aliphatic heterocycles. The molecule has 1 aliphatic carbocycles. The molecule has 10 heteroatoms. The van der Waals surface area contributed by atoms with Crippen LogP contribution in [-0.4, -0.2) is 79.4 Å². The SMILES string of the molecule is COCCCC[C@@](O)(c1cccc(Cl)c1F)C1CN(C(=O)N[C@@H](CC2CCCCC2)[C@H](O)CN)CCO1. The number of halogens is 2. The molecule has 1 heterocycles. The van der Waals surface area contributed by atoms with Gasteiger partial charge in [-0.1, -0.05) is 55.8 Å². The highest BCUT2D eigenvalue weighted by Gasteiger charge is 2.44. The Morgan fingerprint density at radius 2 is 2.11 bits per heavy atom. The Bertz CT molecular complexity index is 859. The van der Waals surface area contributed by atoms with Gasteiger partial charge in [0, 0.05) is 32.4 Å². The van der Waals surface area contributed by atoms with Crippen molar-refractivity contribution in [3.05, 3.63) is 34.6 Å². The number of nitrogens with two attached hydrogens (primary N) is 1. The van der Waals surface area contributed by atoms with Gasteiger partial charge in [0.1, 0.15) is 17.5 Å². The van der Waals surface area contributed by atoms with E-state index in [0.29, 0.717) is 38.3 Å². The van der Waals surface area contributed by atoms with Crippen molar-refractivity contribution in [3.63, 3.8) is 0 Å². The van der Waals surface area contributed by atoms with Crippen LogP contribution < -0.4 is 11.1 Å². The number of hydrogen-bond acceptors (Lipinski definition) is 6. The Hall–Kier alpha value is -1.49. The van der Waals surface area contributed by atoms with E-state index in [1.54, 1.807) is 18.1 Å². The monoisotopic (exact) mass is 543 g/mol. The topological polar surface area (TPSA) is 117 Å². The van der Waals surface area contributed by atoms with Crippen LogP contribution in [0.15, 0.2) is 18.2 Å². The van der Waals surface area contributed by atoms with E-state index in [2.05, 4.69) is 5.32 Å². The predicted octanol–water partition coefficient (Wildman–Crippen LogP) is 3.55. The predicted molar refractivity (Wildman–Crippen MR) is 141 cm³/mol. The highest BCUT2D eigenvalue weighted by atomic mass is 35.5. The lowest BCUT2D eigenvalue weighted by Gasteiger charge is -2.43. The summed E-state index contributed by atoms with van der Waals surface area (Å²) in [4.78, 5) is 14.9. The fourth-order valence-electron chi connectivity index (χ4n) is 5.58. The van der Waals surface area contributed by atoms with Crippen molar-refractivity contribution in [3.8, 4) is 0 Å². The summed E-state index contributed by atoms with van der Waals surface area (Å²) in [5.41, 5.74) is 4.11. The molecule has 210 valence electrons. The molecule has 1 aromatic carbocycles. The number of rotatable bonds is 12. The van der Waals surface area contributed by atoms with Crippen LogP contribution in [0.2, 0.25) is 5.02 Å². The number of carbonyl (C=O) groups excluding carboxylic acids is 1. The largest absolute Gasteiger partial charge is 0.390 e. The normalized spacial score (nSPS) is 22.3. The van der Waals surface area contributed by atoms with Crippen LogP contribution >= 0.6 is 11.6 Å². The molecule has 8 nitrogen and oxygen atoms in total. The minimum atomic E-state index is -1.69. The van der Waals surface area contributed by atoms with Crippen molar-refractivity contribution in [2.45, 2.75) is 81.6 Å². The zero-order valence-electron chi connectivity index (χ0n) is 21.8. The fraction of sp³-hybridized carbons (Fsp3) is 0.741. The Kier molecular flexibility index (Phi) is 11.9. The summed E-state index contributed by atoms with van der Waals surface area (Å²) in [6.45, 7) is 1.13. The summed E-state index contributed by atoms with van der Waals surface area (Å²) in [5.74, 6) is -0.247. The molecular formula is C27H43ClFN3O5.